The molecule has 0 saturated heterocycles. The monoisotopic (exact) mass is 514 g/mol. The lowest BCUT2D eigenvalue weighted by molar-refractivity contribution is -0.133. The highest BCUT2D eigenvalue weighted by atomic mass is 79.9. The van der Waals surface area contributed by atoms with Crippen molar-refractivity contribution in [2.45, 2.75) is 61.2 Å². The van der Waals surface area contributed by atoms with E-state index >= 15 is 0 Å². The summed E-state index contributed by atoms with van der Waals surface area (Å²) in [4.78, 5) is 24.8. The molecule has 6 heteroatoms. The van der Waals surface area contributed by atoms with Crippen LogP contribution in [0.1, 0.15) is 46.5 Å². The third-order valence-electron chi connectivity index (χ3n) is 8.70. The fourth-order valence-corrected chi connectivity index (χ4v) is 9.09. The van der Waals surface area contributed by atoms with Gasteiger partial charge in [-0.3, -0.25) is 9.59 Å². The second-order valence-electron chi connectivity index (χ2n) is 9.69. The Hall–Kier alpha value is -0.300. The number of Topliss-reactive ketones (excluding diaryl/α,β-unsaturated/α-hetero) is 1. The second-order valence-corrected chi connectivity index (χ2v) is 12.3. The molecule has 28 heavy (non-hydrogen) atoms. The van der Waals surface area contributed by atoms with Gasteiger partial charge in [-0.05, 0) is 61.0 Å². The van der Waals surface area contributed by atoms with Gasteiger partial charge in [0.25, 0.3) is 0 Å². The first kappa shape index (κ1) is 21.0. The molecule has 8 unspecified atom stereocenters. The number of halogens is 2. The summed E-state index contributed by atoms with van der Waals surface area (Å²) in [5, 5.41) is 21.2. The van der Waals surface area contributed by atoms with Gasteiger partial charge in [-0.2, -0.15) is 0 Å². The highest BCUT2D eigenvalue weighted by Crippen LogP contribution is 2.73. The van der Waals surface area contributed by atoms with Crippen LogP contribution < -0.4 is 0 Å². The van der Waals surface area contributed by atoms with E-state index in [1.54, 1.807) is 12.2 Å². The number of rotatable bonds is 2. The van der Waals surface area contributed by atoms with E-state index in [-0.39, 0.29) is 29.3 Å². The molecule has 0 aliphatic heterocycles. The molecular weight excluding hydrogens is 488 g/mol. The van der Waals surface area contributed by atoms with Gasteiger partial charge in [0.1, 0.15) is 6.61 Å². The SMILES string of the molecule is CC1CC2C3CCC4=CC(=O)C=CC4(C)C3(Br)C(O)CC2(C)C1(Br)C(=O)CO. The van der Waals surface area contributed by atoms with Gasteiger partial charge in [-0.15, -0.1) is 0 Å². The number of fused-ring (bicyclic) bond motifs is 5. The van der Waals surface area contributed by atoms with Crippen LogP contribution in [0.4, 0.5) is 0 Å². The largest absolute Gasteiger partial charge is 0.392 e. The smallest absolute Gasteiger partial charge is 0.178 e. The molecule has 0 radical (unpaired) electrons. The molecule has 4 rings (SSSR count). The minimum Gasteiger partial charge on any atom is -0.392 e. The van der Waals surface area contributed by atoms with Gasteiger partial charge in [-0.1, -0.05) is 64.3 Å². The predicted molar refractivity (Wildman–Crippen MR) is 114 cm³/mol. The summed E-state index contributed by atoms with van der Waals surface area (Å²) in [6.45, 7) is 5.80. The van der Waals surface area contributed by atoms with Crippen molar-refractivity contribution in [3.8, 4) is 0 Å². The molecule has 154 valence electrons. The predicted octanol–water partition coefficient (Wildman–Crippen LogP) is 3.72. The standard InChI is InChI=1S/C22H28Br2O4/c1-12-8-16-15-5-4-13-9-14(26)6-7-19(13,2)22(15,24)17(27)10-20(16,3)21(12,23)18(28)11-25/h6-7,9,12,15-17,25,27H,4-5,8,10-11H2,1-3H3. The van der Waals surface area contributed by atoms with Gasteiger partial charge in [0.15, 0.2) is 11.6 Å². The van der Waals surface area contributed by atoms with Crippen LogP contribution >= 0.6 is 31.9 Å². The van der Waals surface area contributed by atoms with Crippen molar-refractivity contribution in [3.63, 3.8) is 0 Å². The Morgan fingerprint density at radius 3 is 2.61 bits per heavy atom. The molecule has 4 aliphatic carbocycles. The lowest BCUT2D eigenvalue weighted by Crippen LogP contribution is -2.67. The van der Waals surface area contributed by atoms with Crippen molar-refractivity contribution in [2.75, 3.05) is 6.61 Å². The number of alkyl halides is 2. The number of aliphatic hydroxyl groups excluding tert-OH is 2. The van der Waals surface area contributed by atoms with Crippen LogP contribution in [0.25, 0.3) is 0 Å². The van der Waals surface area contributed by atoms with E-state index in [0.717, 1.165) is 24.8 Å². The molecule has 4 aliphatic rings. The Labute approximate surface area is 183 Å². The molecule has 8 atom stereocenters. The molecule has 3 saturated carbocycles. The summed E-state index contributed by atoms with van der Waals surface area (Å²) in [6, 6.07) is 0. The van der Waals surface area contributed by atoms with Crippen molar-refractivity contribution in [1.29, 1.82) is 0 Å². The summed E-state index contributed by atoms with van der Waals surface area (Å²) in [6.07, 6.45) is 7.67. The zero-order chi connectivity index (χ0) is 20.7. The zero-order valence-corrected chi connectivity index (χ0v) is 19.7. The molecule has 0 aromatic rings. The average Bonchev–Trinajstić information content (AvgIpc) is 2.84. The molecule has 0 amide bonds. The van der Waals surface area contributed by atoms with E-state index in [4.69, 9.17) is 0 Å². The van der Waals surface area contributed by atoms with Crippen molar-refractivity contribution in [3.05, 3.63) is 23.8 Å². The first-order valence-corrected chi connectivity index (χ1v) is 11.7. The summed E-state index contributed by atoms with van der Waals surface area (Å²) >= 11 is 7.81. The quantitative estimate of drug-likeness (QED) is 0.549. The number of aliphatic hydroxyl groups is 2. The summed E-state index contributed by atoms with van der Waals surface area (Å²) in [5.41, 5.74) is 0.199. The number of hydrogen-bond donors (Lipinski definition) is 2. The van der Waals surface area contributed by atoms with Gasteiger partial charge < -0.3 is 10.2 Å². The molecular formula is C22H28Br2O4. The van der Waals surface area contributed by atoms with E-state index in [9.17, 15) is 19.8 Å². The van der Waals surface area contributed by atoms with Crippen LogP contribution in [0.3, 0.4) is 0 Å². The summed E-state index contributed by atoms with van der Waals surface area (Å²) < 4.78 is -1.41. The van der Waals surface area contributed by atoms with Crippen LogP contribution in [0.2, 0.25) is 0 Å². The maximum absolute atomic E-state index is 12.8. The molecule has 0 spiro atoms. The molecule has 0 aromatic heterocycles. The molecule has 2 N–H and O–H groups in total. The highest BCUT2D eigenvalue weighted by molar-refractivity contribution is 9.10. The fourth-order valence-electron chi connectivity index (χ4n) is 7.23. The summed E-state index contributed by atoms with van der Waals surface area (Å²) in [5.74, 6) is 0.279. The van der Waals surface area contributed by atoms with Gasteiger partial charge in [0.2, 0.25) is 0 Å². The first-order valence-electron chi connectivity index (χ1n) is 10.1. The van der Waals surface area contributed by atoms with Crippen LogP contribution in [-0.4, -0.2) is 43.1 Å². The molecule has 0 bridgehead atoms. The molecule has 0 aromatic carbocycles. The Morgan fingerprint density at radius 2 is 1.96 bits per heavy atom. The number of ketones is 2. The van der Waals surface area contributed by atoms with E-state index < -0.39 is 32.2 Å². The van der Waals surface area contributed by atoms with Crippen molar-refractivity contribution in [1.82, 2.24) is 0 Å². The van der Waals surface area contributed by atoms with Crippen molar-refractivity contribution < 1.29 is 19.8 Å². The first-order chi connectivity index (χ1) is 13.0. The minimum absolute atomic E-state index is 0.0136. The van der Waals surface area contributed by atoms with Gasteiger partial charge >= 0.3 is 0 Å². The summed E-state index contributed by atoms with van der Waals surface area (Å²) in [7, 11) is 0. The minimum atomic E-state index is -0.829. The van der Waals surface area contributed by atoms with E-state index in [0.29, 0.717) is 6.42 Å². The van der Waals surface area contributed by atoms with Gasteiger partial charge in [0, 0.05) is 5.41 Å². The normalized spacial score (nSPS) is 52.5. The maximum Gasteiger partial charge on any atom is 0.178 e. The fraction of sp³-hybridized carbons (Fsp3) is 0.727. The number of hydrogen-bond acceptors (Lipinski definition) is 4. The lowest BCUT2D eigenvalue weighted by Gasteiger charge is -2.64. The molecule has 3 fully saturated rings. The van der Waals surface area contributed by atoms with Crippen LogP contribution in [0, 0.1) is 28.6 Å². The third-order valence-corrected chi connectivity index (χ3v) is 12.8. The van der Waals surface area contributed by atoms with E-state index in [1.165, 1.54) is 0 Å². The topological polar surface area (TPSA) is 74.6 Å². The molecule has 0 heterocycles. The Kier molecular flexibility index (Phi) is 4.75. The van der Waals surface area contributed by atoms with Crippen molar-refractivity contribution in [2.24, 2.45) is 28.6 Å². The van der Waals surface area contributed by atoms with Crippen molar-refractivity contribution >= 4 is 43.4 Å². The third kappa shape index (κ3) is 2.24. The number of carbonyl (C=O) groups is 2. The van der Waals surface area contributed by atoms with Gasteiger partial charge in [0.05, 0.1) is 14.8 Å². The average molecular weight is 516 g/mol. The van der Waals surface area contributed by atoms with E-state index in [2.05, 4.69) is 52.6 Å². The maximum atomic E-state index is 12.8. The Bertz CT molecular complexity index is 806. The van der Waals surface area contributed by atoms with Crippen LogP contribution in [0.5, 0.6) is 0 Å². The zero-order valence-electron chi connectivity index (χ0n) is 16.5. The van der Waals surface area contributed by atoms with Crippen LogP contribution in [0.15, 0.2) is 23.8 Å². The number of carbonyl (C=O) groups excluding carboxylic acids is 2. The number of allylic oxidation sites excluding steroid dienone is 4. The van der Waals surface area contributed by atoms with Gasteiger partial charge in [-0.25, -0.2) is 0 Å². The Morgan fingerprint density at radius 1 is 1.29 bits per heavy atom. The second kappa shape index (κ2) is 6.35. The highest BCUT2D eigenvalue weighted by Gasteiger charge is 2.73. The van der Waals surface area contributed by atoms with E-state index in [1.807, 2.05) is 6.08 Å². The molecule has 4 nitrogen and oxygen atoms in total. The Balaban J connectivity index is 1.84. The lowest BCUT2D eigenvalue weighted by atomic mass is 9.46. The van der Waals surface area contributed by atoms with Crippen LogP contribution in [-0.2, 0) is 9.59 Å².